The van der Waals surface area contributed by atoms with Gasteiger partial charge >= 0.3 is 0 Å². The van der Waals surface area contributed by atoms with Gasteiger partial charge < -0.3 is 9.47 Å². The Hall–Kier alpha value is -0.393. The Morgan fingerprint density at radius 2 is 1.95 bits per heavy atom. The number of hydrogen-bond donors (Lipinski definition) is 0. The maximum absolute atomic E-state index is 13.0. The van der Waals surface area contributed by atoms with Crippen LogP contribution in [0.1, 0.15) is 13.8 Å². The summed E-state index contributed by atoms with van der Waals surface area (Å²) in [6.45, 7) is 11.0. The van der Waals surface area contributed by atoms with Crippen molar-refractivity contribution in [1.29, 1.82) is 0 Å². The molecule has 0 bridgehead atoms. The molecule has 5 heteroatoms. The average molecular weight is 349 g/mol. The summed E-state index contributed by atoms with van der Waals surface area (Å²) in [5.74, 6) is 0.363. The van der Waals surface area contributed by atoms with Crippen LogP contribution >= 0.6 is 15.9 Å². The molecule has 0 N–H and O–H groups in total. The van der Waals surface area contributed by atoms with Gasteiger partial charge in [-0.3, -0.25) is 0 Å². The summed E-state index contributed by atoms with van der Waals surface area (Å²) in [6, 6.07) is 4.62. The molecular weight excluding hydrogens is 327 g/mol. The molecule has 0 spiro atoms. The first-order valence-electron chi connectivity index (χ1n) is 6.48. The smallest absolute Gasteiger partial charge is 0.137 e. The molecule has 0 atom stereocenters. The molecule has 2 nitrogen and oxygen atoms in total. The molecule has 0 unspecified atom stereocenters. The lowest BCUT2D eigenvalue weighted by Gasteiger charge is -2.27. The van der Waals surface area contributed by atoms with Crippen molar-refractivity contribution in [2.75, 3.05) is 19.8 Å². The normalized spacial score (nSPS) is 11.9. The van der Waals surface area contributed by atoms with Crippen LogP contribution in [0, 0.1) is 5.82 Å². The van der Waals surface area contributed by atoms with Crippen LogP contribution in [0.5, 0.6) is 5.75 Å². The largest absolute Gasteiger partial charge is 0.491 e. The van der Waals surface area contributed by atoms with E-state index in [0.29, 0.717) is 28.5 Å². The molecule has 0 amide bonds. The van der Waals surface area contributed by atoms with Gasteiger partial charge in [-0.25, -0.2) is 4.39 Å². The van der Waals surface area contributed by atoms with Crippen LogP contribution in [-0.2, 0) is 4.74 Å². The summed E-state index contributed by atoms with van der Waals surface area (Å²) in [5, 5.41) is 0.304. The highest BCUT2D eigenvalue weighted by atomic mass is 79.9. The molecule has 0 saturated heterocycles. The molecule has 0 aliphatic heterocycles. The lowest BCUT2D eigenvalue weighted by molar-refractivity contribution is 0.0847. The summed E-state index contributed by atoms with van der Waals surface area (Å²) in [4.78, 5) is 0. The van der Waals surface area contributed by atoms with Crippen molar-refractivity contribution in [2.45, 2.75) is 32.0 Å². The number of hydrogen-bond acceptors (Lipinski definition) is 2. The van der Waals surface area contributed by atoms with E-state index in [0.717, 1.165) is 6.61 Å². The third kappa shape index (κ3) is 5.63. The van der Waals surface area contributed by atoms with Gasteiger partial charge in [0.1, 0.15) is 18.2 Å². The monoisotopic (exact) mass is 348 g/mol. The summed E-state index contributed by atoms with van der Waals surface area (Å²) in [6.07, 6.45) is 0. The zero-order valence-corrected chi connectivity index (χ0v) is 14.7. The summed E-state index contributed by atoms with van der Waals surface area (Å²) >= 11 is 3.13. The molecule has 0 aromatic heterocycles. The van der Waals surface area contributed by atoms with E-state index in [4.69, 9.17) is 9.47 Å². The molecule has 1 aromatic rings. The highest BCUT2D eigenvalue weighted by molar-refractivity contribution is 9.10. The predicted molar refractivity (Wildman–Crippen MR) is 83.3 cm³/mol. The Balaban J connectivity index is 2.26. The third-order valence-electron chi connectivity index (χ3n) is 3.42. The first-order valence-corrected chi connectivity index (χ1v) is 10.2. The quantitative estimate of drug-likeness (QED) is 0.541. The van der Waals surface area contributed by atoms with Crippen molar-refractivity contribution < 1.29 is 13.9 Å². The van der Waals surface area contributed by atoms with Gasteiger partial charge in [-0.1, -0.05) is 26.9 Å². The van der Waals surface area contributed by atoms with Gasteiger partial charge in [-0.2, -0.15) is 0 Å². The molecule has 0 fully saturated rings. The fraction of sp³-hybridized carbons (Fsp3) is 0.571. The predicted octanol–water partition coefficient (Wildman–Crippen LogP) is 4.25. The van der Waals surface area contributed by atoms with Crippen molar-refractivity contribution in [1.82, 2.24) is 0 Å². The number of ether oxygens (including phenoxy) is 2. The fourth-order valence-electron chi connectivity index (χ4n) is 1.29. The van der Waals surface area contributed by atoms with Crippen LogP contribution in [0.15, 0.2) is 22.7 Å². The van der Waals surface area contributed by atoms with Crippen LogP contribution in [0.4, 0.5) is 4.39 Å². The molecule has 1 aromatic carbocycles. The second kappa shape index (κ2) is 7.41. The van der Waals surface area contributed by atoms with Crippen LogP contribution in [0.2, 0.25) is 18.1 Å². The molecular formula is C14H22BrFO2Si. The average Bonchev–Trinajstić information content (AvgIpc) is 2.33. The first kappa shape index (κ1) is 16.7. The maximum Gasteiger partial charge on any atom is 0.137 e. The van der Waals surface area contributed by atoms with Gasteiger partial charge in [0, 0.05) is 15.4 Å². The lowest BCUT2D eigenvalue weighted by atomic mass is 10.2. The SMILES string of the molecule is C[SiH](C)C(C)(C)COCCOc1ccc(F)c(Br)c1. The Labute approximate surface area is 125 Å². The van der Waals surface area contributed by atoms with Crippen molar-refractivity contribution in [3.8, 4) is 5.75 Å². The molecule has 0 radical (unpaired) electrons. The van der Waals surface area contributed by atoms with Crippen molar-refractivity contribution >= 4 is 24.7 Å². The number of rotatable bonds is 7. The van der Waals surface area contributed by atoms with E-state index in [-0.39, 0.29) is 5.82 Å². The second-order valence-corrected chi connectivity index (χ2v) is 10.3. The minimum Gasteiger partial charge on any atom is -0.491 e. The molecule has 0 aliphatic rings. The fourth-order valence-corrected chi connectivity index (χ4v) is 2.10. The van der Waals surface area contributed by atoms with Gasteiger partial charge in [-0.05, 0) is 39.2 Å². The van der Waals surface area contributed by atoms with Crippen LogP contribution < -0.4 is 4.74 Å². The minimum absolute atomic E-state index is 0.285. The molecule has 108 valence electrons. The Morgan fingerprint density at radius 3 is 2.53 bits per heavy atom. The Morgan fingerprint density at radius 1 is 1.26 bits per heavy atom. The lowest BCUT2D eigenvalue weighted by Crippen LogP contribution is -2.27. The first-order chi connectivity index (χ1) is 8.83. The van der Waals surface area contributed by atoms with Gasteiger partial charge in [0.2, 0.25) is 0 Å². The standard InChI is InChI=1S/C14H22BrFO2Si/c1-14(2,19(3)4)10-17-7-8-18-11-5-6-13(16)12(15)9-11/h5-6,9,19H,7-8,10H2,1-4H3. The van der Waals surface area contributed by atoms with Crippen LogP contribution in [0.3, 0.4) is 0 Å². The van der Waals surface area contributed by atoms with Gasteiger partial charge in [-0.15, -0.1) is 0 Å². The van der Waals surface area contributed by atoms with E-state index in [1.807, 2.05) is 0 Å². The number of halogens is 2. The van der Waals surface area contributed by atoms with Crippen LogP contribution in [-0.4, -0.2) is 28.6 Å². The van der Waals surface area contributed by atoms with Gasteiger partial charge in [0.25, 0.3) is 0 Å². The summed E-state index contributed by atoms with van der Waals surface area (Å²) in [5.41, 5.74) is 0. The van der Waals surface area contributed by atoms with E-state index in [2.05, 4.69) is 42.9 Å². The Bertz CT molecular complexity index is 410. The zero-order chi connectivity index (χ0) is 14.5. The highest BCUT2D eigenvalue weighted by Crippen LogP contribution is 2.28. The maximum atomic E-state index is 13.0. The van der Waals surface area contributed by atoms with Crippen LogP contribution in [0.25, 0.3) is 0 Å². The van der Waals surface area contributed by atoms with Crippen molar-refractivity contribution in [3.05, 3.63) is 28.5 Å². The van der Waals surface area contributed by atoms with E-state index < -0.39 is 8.80 Å². The van der Waals surface area contributed by atoms with Gasteiger partial charge in [0.05, 0.1) is 11.1 Å². The molecule has 0 saturated carbocycles. The number of benzene rings is 1. The topological polar surface area (TPSA) is 18.5 Å². The molecule has 0 aliphatic carbocycles. The van der Waals surface area contributed by atoms with E-state index in [9.17, 15) is 4.39 Å². The summed E-state index contributed by atoms with van der Waals surface area (Å²) < 4.78 is 24.6. The van der Waals surface area contributed by atoms with E-state index in [1.54, 1.807) is 12.1 Å². The zero-order valence-electron chi connectivity index (χ0n) is 12.0. The minimum atomic E-state index is -0.717. The van der Waals surface area contributed by atoms with E-state index in [1.165, 1.54) is 6.07 Å². The molecule has 19 heavy (non-hydrogen) atoms. The summed E-state index contributed by atoms with van der Waals surface area (Å²) in [7, 11) is -0.717. The second-order valence-electron chi connectivity index (χ2n) is 5.62. The molecule has 0 heterocycles. The molecule has 1 rings (SSSR count). The van der Waals surface area contributed by atoms with Crippen molar-refractivity contribution in [3.63, 3.8) is 0 Å². The van der Waals surface area contributed by atoms with Gasteiger partial charge in [0.15, 0.2) is 0 Å². The highest BCUT2D eigenvalue weighted by Gasteiger charge is 2.23. The Kier molecular flexibility index (Phi) is 6.49. The third-order valence-corrected chi connectivity index (χ3v) is 7.32. The van der Waals surface area contributed by atoms with E-state index >= 15 is 0 Å². The van der Waals surface area contributed by atoms with Crippen molar-refractivity contribution in [2.24, 2.45) is 0 Å².